The molecule has 3 N–H and O–H groups in total. The van der Waals surface area contributed by atoms with Crippen LogP contribution in [0.2, 0.25) is 5.02 Å². The normalized spacial score (nSPS) is 10.6. The third-order valence-corrected chi connectivity index (χ3v) is 2.47. The number of benzene rings is 1. The molecule has 0 saturated heterocycles. The van der Waals surface area contributed by atoms with Crippen LogP contribution >= 0.6 is 11.6 Å². The van der Waals surface area contributed by atoms with Crippen LogP contribution in [0.4, 0.5) is 0 Å². The lowest BCUT2D eigenvalue weighted by Crippen LogP contribution is -2.14. The van der Waals surface area contributed by atoms with Gasteiger partial charge in [-0.1, -0.05) is 11.6 Å². The number of nitrogens with zero attached hydrogens (tertiary/aromatic N) is 2. The van der Waals surface area contributed by atoms with Crippen molar-refractivity contribution in [3.63, 3.8) is 0 Å². The number of carbonyl (C=O) groups is 2. The fraction of sp³-hybridized carbons (Fsp3) is 0.100. The van der Waals surface area contributed by atoms with E-state index in [1.165, 1.54) is 4.68 Å². The first-order chi connectivity index (χ1) is 7.99. The number of amides is 1. The Bertz CT molecular complexity index is 621. The molecule has 0 fully saturated rings. The number of primary amides is 1. The minimum absolute atomic E-state index is 0.0397. The molecule has 0 saturated carbocycles. The van der Waals surface area contributed by atoms with Gasteiger partial charge in [0, 0.05) is 10.4 Å². The van der Waals surface area contributed by atoms with Gasteiger partial charge in [0.1, 0.15) is 6.54 Å². The van der Waals surface area contributed by atoms with E-state index in [-0.39, 0.29) is 12.2 Å². The quantitative estimate of drug-likeness (QED) is 0.848. The number of aliphatic carboxylic acids is 1. The largest absolute Gasteiger partial charge is 0.480 e. The fourth-order valence-corrected chi connectivity index (χ4v) is 1.74. The van der Waals surface area contributed by atoms with Gasteiger partial charge in [0.05, 0.1) is 5.52 Å². The summed E-state index contributed by atoms with van der Waals surface area (Å²) in [6, 6.07) is 4.71. The molecular formula is C10H8ClN3O3. The number of hydrogen-bond donors (Lipinski definition) is 2. The number of carboxylic acid groups (broad SMARTS) is 1. The van der Waals surface area contributed by atoms with Crippen molar-refractivity contribution in [2.24, 2.45) is 5.73 Å². The van der Waals surface area contributed by atoms with Crippen molar-refractivity contribution in [3.05, 3.63) is 28.9 Å². The van der Waals surface area contributed by atoms with Gasteiger partial charge in [-0.2, -0.15) is 5.10 Å². The van der Waals surface area contributed by atoms with Crippen LogP contribution in [0.3, 0.4) is 0 Å². The second kappa shape index (κ2) is 4.06. The number of carbonyl (C=O) groups excluding carboxylic acids is 1. The smallest absolute Gasteiger partial charge is 0.325 e. The molecule has 0 aliphatic heterocycles. The van der Waals surface area contributed by atoms with E-state index in [9.17, 15) is 9.59 Å². The second-order valence-corrected chi connectivity index (χ2v) is 3.86. The molecule has 1 aromatic heterocycles. The molecule has 0 aliphatic carbocycles. The summed E-state index contributed by atoms with van der Waals surface area (Å²) in [5.41, 5.74) is 5.67. The number of rotatable bonds is 3. The maximum atomic E-state index is 11.2. The number of halogens is 1. The van der Waals surface area contributed by atoms with Gasteiger partial charge in [-0.15, -0.1) is 0 Å². The average molecular weight is 254 g/mol. The summed E-state index contributed by atoms with van der Waals surface area (Å²) in [7, 11) is 0. The minimum atomic E-state index is -1.06. The highest BCUT2D eigenvalue weighted by Gasteiger charge is 2.16. The van der Waals surface area contributed by atoms with Crippen LogP contribution in [0.5, 0.6) is 0 Å². The van der Waals surface area contributed by atoms with Crippen molar-refractivity contribution in [1.29, 1.82) is 0 Å². The zero-order valence-corrected chi connectivity index (χ0v) is 9.31. The van der Waals surface area contributed by atoms with Gasteiger partial charge in [-0.3, -0.25) is 14.3 Å². The van der Waals surface area contributed by atoms with Crippen LogP contribution in [0, 0.1) is 0 Å². The van der Waals surface area contributed by atoms with Gasteiger partial charge in [0.15, 0.2) is 5.69 Å². The SMILES string of the molecule is NC(=O)c1nn(CC(=O)O)c2cc(Cl)ccc12. The summed E-state index contributed by atoms with van der Waals surface area (Å²) in [6.07, 6.45) is 0. The molecule has 2 aromatic rings. The van der Waals surface area contributed by atoms with Crippen molar-refractivity contribution >= 4 is 34.4 Å². The zero-order chi connectivity index (χ0) is 12.6. The van der Waals surface area contributed by atoms with E-state index in [1.807, 2.05) is 0 Å². The van der Waals surface area contributed by atoms with Crippen LogP contribution in [-0.4, -0.2) is 26.8 Å². The van der Waals surface area contributed by atoms with Crippen molar-refractivity contribution in [1.82, 2.24) is 9.78 Å². The molecule has 7 heteroatoms. The minimum Gasteiger partial charge on any atom is -0.480 e. The van der Waals surface area contributed by atoms with E-state index in [4.69, 9.17) is 22.4 Å². The molecular weight excluding hydrogens is 246 g/mol. The van der Waals surface area contributed by atoms with Crippen molar-refractivity contribution in [2.75, 3.05) is 0 Å². The molecule has 2 rings (SSSR count). The molecule has 1 amide bonds. The zero-order valence-electron chi connectivity index (χ0n) is 8.55. The third-order valence-electron chi connectivity index (χ3n) is 2.23. The van der Waals surface area contributed by atoms with E-state index in [0.717, 1.165) is 0 Å². The molecule has 0 radical (unpaired) electrons. The summed E-state index contributed by atoms with van der Waals surface area (Å²) in [5, 5.41) is 13.5. The molecule has 0 unspecified atom stereocenters. The lowest BCUT2D eigenvalue weighted by Gasteiger charge is -1.98. The van der Waals surface area contributed by atoms with Gasteiger partial charge in [-0.05, 0) is 18.2 Å². The van der Waals surface area contributed by atoms with Crippen molar-refractivity contribution < 1.29 is 14.7 Å². The Morgan fingerprint density at radius 2 is 2.18 bits per heavy atom. The number of carboxylic acids is 1. The number of aromatic nitrogens is 2. The van der Waals surface area contributed by atoms with Crippen LogP contribution in [0.25, 0.3) is 10.9 Å². The standard InChI is InChI=1S/C10H8ClN3O3/c11-5-1-2-6-7(3-5)14(4-8(15)16)13-9(6)10(12)17/h1-3H,4H2,(H2,12,17)(H,15,16). The Kier molecular flexibility index (Phi) is 2.72. The lowest BCUT2D eigenvalue weighted by atomic mass is 10.2. The molecule has 0 spiro atoms. The molecule has 1 aromatic carbocycles. The molecule has 88 valence electrons. The molecule has 6 nitrogen and oxygen atoms in total. The van der Waals surface area contributed by atoms with E-state index in [2.05, 4.69) is 5.10 Å². The monoisotopic (exact) mass is 253 g/mol. The first kappa shape index (κ1) is 11.4. The van der Waals surface area contributed by atoms with Gasteiger partial charge >= 0.3 is 5.97 Å². The van der Waals surface area contributed by atoms with Crippen LogP contribution in [0.1, 0.15) is 10.5 Å². The lowest BCUT2D eigenvalue weighted by molar-refractivity contribution is -0.137. The Labute approximate surface area is 101 Å². The Morgan fingerprint density at radius 1 is 1.47 bits per heavy atom. The summed E-state index contributed by atoms with van der Waals surface area (Å²) in [4.78, 5) is 21.8. The maximum absolute atomic E-state index is 11.2. The summed E-state index contributed by atoms with van der Waals surface area (Å²) in [6.45, 7) is -0.357. The first-order valence-corrected chi connectivity index (χ1v) is 5.04. The van der Waals surface area contributed by atoms with Crippen LogP contribution in [0.15, 0.2) is 18.2 Å². The predicted octanol–water partition coefficient (Wildman–Crippen LogP) is 0.873. The van der Waals surface area contributed by atoms with Crippen molar-refractivity contribution in [3.8, 4) is 0 Å². The average Bonchev–Trinajstić information content (AvgIpc) is 2.56. The molecule has 0 bridgehead atoms. The van der Waals surface area contributed by atoms with Crippen molar-refractivity contribution in [2.45, 2.75) is 6.54 Å². The summed E-state index contributed by atoms with van der Waals surface area (Å²) >= 11 is 5.81. The highest BCUT2D eigenvalue weighted by molar-refractivity contribution is 6.31. The second-order valence-electron chi connectivity index (χ2n) is 3.43. The predicted molar refractivity (Wildman–Crippen MR) is 60.9 cm³/mol. The van der Waals surface area contributed by atoms with Gasteiger partial charge in [0.2, 0.25) is 0 Å². The topological polar surface area (TPSA) is 98.2 Å². The van der Waals surface area contributed by atoms with Gasteiger partial charge < -0.3 is 10.8 Å². The first-order valence-electron chi connectivity index (χ1n) is 4.66. The molecule has 17 heavy (non-hydrogen) atoms. The Balaban J connectivity index is 2.70. The van der Waals surface area contributed by atoms with Gasteiger partial charge in [0.25, 0.3) is 5.91 Å². The fourth-order valence-electron chi connectivity index (χ4n) is 1.58. The number of fused-ring (bicyclic) bond motifs is 1. The van der Waals surface area contributed by atoms with E-state index < -0.39 is 11.9 Å². The highest BCUT2D eigenvalue weighted by Crippen LogP contribution is 2.22. The molecule has 0 aliphatic rings. The third kappa shape index (κ3) is 2.07. The number of nitrogens with two attached hydrogens (primary N) is 1. The van der Waals surface area contributed by atoms with Crippen LogP contribution < -0.4 is 5.73 Å². The van der Waals surface area contributed by atoms with E-state index in [0.29, 0.717) is 15.9 Å². The van der Waals surface area contributed by atoms with E-state index >= 15 is 0 Å². The maximum Gasteiger partial charge on any atom is 0.325 e. The molecule has 0 atom stereocenters. The highest BCUT2D eigenvalue weighted by atomic mass is 35.5. The number of hydrogen-bond acceptors (Lipinski definition) is 3. The Hall–Kier alpha value is -2.08. The Morgan fingerprint density at radius 3 is 2.76 bits per heavy atom. The van der Waals surface area contributed by atoms with E-state index in [1.54, 1.807) is 18.2 Å². The summed E-state index contributed by atoms with van der Waals surface area (Å²) < 4.78 is 1.18. The van der Waals surface area contributed by atoms with Crippen LogP contribution in [-0.2, 0) is 11.3 Å². The molecule has 1 heterocycles. The summed E-state index contributed by atoms with van der Waals surface area (Å²) in [5.74, 6) is -1.77. The van der Waals surface area contributed by atoms with Gasteiger partial charge in [-0.25, -0.2) is 0 Å².